The van der Waals surface area contributed by atoms with E-state index in [4.69, 9.17) is 38.5 Å². The first kappa shape index (κ1) is 34.0. The maximum Gasteiger partial charge on any atom is 0.201 e. The summed E-state index contributed by atoms with van der Waals surface area (Å²) in [4.78, 5) is 51.9. The van der Waals surface area contributed by atoms with Gasteiger partial charge in [0, 0.05) is 48.6 Å². The Bertz CT molecular complexity index is 1400. The van der Waals surface area contributed by atoms with Gasteiger partial charge in [0.05, 0.1) is 12.2 Å². The first-order valence-corrected chi connectivity index (χ1v) is 19.4. The average Bonchev–Trinajstić information content (AvgIpc) is 3.47. The Labute approximate surface area is 295 Å². The number of benzene rings is 1. The van der Waals surface area contributed by atoms with Gasteiger partial charge in [0.15, 0.2) is 35.3 Å². The zero-order chi connectivity index (χ0) is 34.8. The van der Waals surface area contributed by atoms with Gasteiger partial charge in [-0.15, -0.1) is 0 Å². The molecule has 0 aromatic heterocycles. The summed E-state index contributed by atoms with van der Waals surface area (Å²) in [6.07, 6.45) is 6.38. The molecule has 0 N–H and O–H groups in total. The lowest BCUT2D eigenvalue weighted by molar-refractivity contribution is -0.571. The predicted octanol–water partition coefficient (Wildman–Crippen LogP) is 7.33. The summed E-state index contributed by atoms with van der Waals surface area (Å²) >= 11 is 0. The molecule has 10 aliphatic rings. The predicted molar refractivity (Wildman–Crippen MR) is 178 cm³/mol. The molecule has 0 amide bonds. The second-order valence-electron chi connectivity index (χ2n) is 17.7. The van der Waals surface area contributed by atoms with Crippen LogP contribution in [0.5, 0.6) is 0 Å². The summed E-state index contributed by atoms with van der Waals surface area (Å²) in [6.45, 7) is 12.8. The van der Waals surface area contributed by atoms with Crippen LogP contribution >= 0.6 is 0 Å². The summed E-state index contributed by atoms with van der Waals surface area (Å²) in [5.41, 5.74) is -0.149. The molecule has 10 fully saturated rings. The highest BCUT2D eigenvalue weighted by Crippen LogP contribution is 2.62. The number of carbonyl (C=O) groups is 2. The van der Waals surface area contributed by atoms with Crippen LogP contribution in [0.15, 0.2) is 24.3 Å². The highest BCUT2D eigenvalue weighted by Gasteiger charge is 2.71. The van der Waals surface area contributed by atoms with Gasteiger partial charge in [-0.3, -0.25) is 9.59 Å². The molecule has 0 radical (unpaired) electrons. The van der Waals surface area contributed by atoms with Gasteiger partial charge in [-0.25, -0.2) is 19.6 Å². The summed E-state index contributed by atoms with van der Waals surface area (Å²) in [7, 11) is 0. The molecule has 1 aromatic carbocycles. The Balaban J connectivity index is 0.878. The van der Waals surface area contributed by atoms with Gasteiger partial charge in [-0.05, 0) is 87.9 Å². The molecular weight excluding hydrogens is 640 g/mol. The van der Waals surface area contributed by atoms with Crippen LogP contribution in [0.3, 0.4) is 0 Å². The fraction of sp³-hybridized carbons (Fsp3) is 0.800. The molecule has 4 bridgehead atoms. The van der Waals surface area contributed by atoms with Gasteiger partial charge < -0.3 is 18.9 Å². The van der Waals surface area contributed by atoms with Crippen LogP contribution < -0.4 is 0 Å². The molecule has 11 rings (SSSR count). The second kappa shape index (κ2) is 11.9. The molecule has 2 saturated carbocycles. The molecule has 8 heterocycles. The maximum atomic E-state index is 13.7. The van der Waals surface area contributed by atoms with Gasteiger partial charge >= 0.3 is 0 Å². The Kier molecular flexibility index (Phi) is 8.08. The molecule has 1 aromatic rings. The lowest BCUT2D eigenvalue weighted by atomic mass is 9.57. The largest absolute Gasteiger partial charge is 0.345 e. The van der Waals surface area contributed by atoms with Crippen LogP contribution in [0.1, 0.15) is 126 Å². The minimum Gasteiger partial charge on any atom is -0.345 e. The number of hydrogen-bond donors (Lipinski definition) is 0. The van der Waals surface area contributed by atoms with Crippen molar-refractivity contribution in [3.05, 3.63) is 35.4 Å². The minimum absolute atomic E-state index is 0.00779. The Hall–Kier alpha value is -1.76. The van der Waals surface area contributed by atoms with Crippen molar-refractivity contribution in [3.63, 3.8) is 0 Å². The van der Waals surface area contributed by atoms with E-state index < -0.39 is 35.4 Å². The molecule has 16 atom stereocenters. The fourth-order valence-electron chi connectivity index (χ4n) is 11.9. The fourth-order valence-corrected chi connectivity index (χ4v) is 11.9. The van der Waals surface area contributed by atoms with Gasteiger partial charge in [0.2, 0.25) is 11.6 Å². The normalized spacial score (nSPS) is 52.0. The third-order valence-electron chi connectivity index (χ3n) is 14.9. The number of ketones is 2. The molecule has 2 spiro atoms. The van der Waals surface area contributed by atoms with E-state index in [1.54, 1.807) is 24.3 Å². The number of carbonyl (C=O) groups excluding carboxylic acids is 2. The van der Waals surface area contributed by atoms with Crippen molar-refractivity contribution in [1.82, 2.24) is 0 Å². The SMILES string of the molecule is C[C@H]1[C@H](CC(=O)c2ccc(C(=O)CC3O[C@@H]4OC5(C)CC[C@H]6[C@H](C)CC[C@@H]([C@H]3C)C46OO5)cc2)O[C@@H]2OC3(C)CC[C@H]4[C@H](C)CC[C@@H]1C24OO3. The third kappa shape index (κ3) is 4.95. The van der Waals surface area contributed by atoms with E-state index in [2.05, 4.69) is 27.7 Å². The summed E-state index contributed by atoms with van der Waals surface area (Å²) in [5, 5.41) is 0. The van der Waals surface area contributed by atoms with Gasteiger partial charge in [0.1, 0.15) is 0 Å². The van der Waals surface area contributed by atoms with Crippen LogP contribution in [-0.2, 0) is 38.5 Å². The zero-order valence-corrected chi connectivity index (χ0v) is 30.4. The van der Waals surface area contributed by atoms with Crippen LogP contribution in [0.2, 0.25) is 0 Å². The Morgan fingerprint density at radius 1 is 0.580 bits per heavy atom. The lowest BCUT2D eigenvalue weighted by Crippen LogP contribution is -2.70. The van der Waals surface area contributed by atoms with E-state index in [1.807, 2.05) is 13.8 Å². The third-order valence-corrected chi connectivity index (χ3v) is 14.9. The van der Waals surface area contributed by atoms with Crippen molar-refractivity contribution in [3.8, 4) is 0 Å². The maximum absolute atomic E-state index is 13.7. The number of Topliss-reactive ketones (excluding diaryl/α,β-unsaturated/α-hetero) is 2. The van der Waals surface area contributed by atoms with Crippen molar-refractivity contribution >= 4 is 11.6 Å². The summed E-state index contributed by atoms with van der Waals surface area (Å²) in [6, 6.07) is 7.10. The van der Waals surface area contributed by atoms with Gasteiger partial charge in [-0.1, -0.05) is 52.0 Å². The highest BCUT2D eigenvalue weighted by molar-refractivity contribution is 5.99. The van der Waals surface area contributed by atoms with Gasteiger partial charge in [0.25, 0.3) is 0 Å². The highest BCUT2D eigenvalue weighted by atomic mass is 17.3. The summed E-state index contributed by atoms with van der Waals surface area (Å²) in [5.74, 6) is 0.342. The van der Waals surface area contributed by atoms with Crippen molar-refractivity contribution < 1.29 is 48.1 Å². The van der Waals surface area contributed by atoms with E-state index in [1.165, 1.54) is 0 Å². The van der Waals surface area contributed by atoms with Crippen LogP contribution in [0.25, 0.3) is 0 Å². The molecule has 2 aliphatic carbocycles. The molecule has 10 heteroatoms. The molecule has 8 saturated heterocycles. The van der Waals surface area contributed by atoms with Crippen molar-refractivity contribution in [1.29, 1.82) is 0 Å². The average molecular weight is 695 g/mol. The lowest BCUT2D eigenvalue weighted by Gasteiger charge is -2.60. The van der Waals surface area contributed by atoms with Crippen molar-refractivity contribution in [2.75, 3.05) is 0 Å². The van der Waals surface area contributed by atoms with E-state index >= 15 is 0 Å². The monoisotopic (exact) mass is 694 g/mol. The molecule has 50 heavy (non-hydrogen) atoms. The van der Waals surface area contributed by atoms with E-state index in [9.17, 15) is 9.59 Å². The molecule has 8 aliphatic heterocycles. The molecule has 10 nitrogen and oxygen atoms in total. The van der Waals surface area contributed by atoms with E-state index in [-0.39, 0.29) is 72.1 Å². The zero-order valence-electron chi connectivity index (χ0n) is 30.4. The van der Waals surface area contributed by atoms with Crippen molar-refractivity contribution in [2.24, 2.45) is 47.3 Å². The number of fused-ring (bicyclic) bond motifs is 4. The van der Waals surface area contributed by atoms with E-state index in [0.29, 0.717) is 23.0 Å². The summed E-state index contributed by atoms with van der Waals surface area (Å²) < 4.78 is 26.3. The molecule has 5 unspecified atom stereocenters. The van der Waals surface area contributed by atoms with Gasteiger partial charge in [-0.2, -0.15) is 0 Å². The van der Waals surface area contributed by atoms with Crippen LogP contribution in [0, 0.1) is 47.3 Å². The van der Waals surface area contributed by atoms with Crippen LogP contribution in [-0.4, -0.2) is 59.1 Å². The topological polar surface area (TPSA) is 108 Å². The second-order valence-corrected chi connectivity index (χ2v) is 17.7. The first-order chi connectivity index (χ1) is 23.9. The number of hydrogen-bond acceptors (Lipinski definition) is 10. The Morgan fingerprint density at radius 3 is 1.38 bits per heavy atom. The minimum atomic E-state index is -0.850. The standard InChI is InChI=1S/C40H54O10/c1-21-7-13-29-23(3)33(43-35-39(29)27(21)15-17-37(5,45-35)47-49-39)19-31(41)25-9-11-26(12-10-25)32(42)20-34-24(4)30-14-8-22(2)28-16-18-38(6)46-36(44-34)40(28,30)50-48-38/h9-12,21-24,27-30,33-36H,7-8,13-20H2,1-6H3/t21-,22-,23-,24-,27+,28+,29+,30+,33+,34?,35-,36-,37?,38?,39?,40?/m1/s1. The molecule has 274 valence electrons. The van der Waals surface area contributed by atoms with Crippen molar-refractivity contribution in [2.45, 2.75) is 153 Å². The van der Waals surface area contributed by atoms with E-state index in [0.717, 1.165) is 51.4 Å². The smallest absolute Gasteiger partial charge is 0.201 e. The quantitative estimate of drug-likeness (QED) is 0.222. The first-order valence-electron chi connectivity index (χ1n) is 19.4. The number of ether oxygens (including phenoxy) is 4. The van der Waals surface area contributed by atoms with Crippen LogP contribution in [0.4, 0.5) is 0 Å². The molecular formula is C40H54O10. The number of rotatable bonds is 6. The Morgan fingerprint density at radius 2 is 0.980 bits per heavy atom.